The van der Waals surface area contributed by atoms with Crippen molar-refractivity contribution in [3.8, 4) is 0 Å². The molecule has 1 aromatic rings. The van der Waals surface area contributed by atoms with E-state index in [1.165, 1.54) is 4.31 Å². The van der Waals surface area contributed by atoms with Gasteiger partial charge in [-0.1, -0.05) is 13.3 Å². The Morgan fingerprint density at radius 2 is 2.10 bits per heavy atom. The van der Waals surface area contributed by atoms with Crippen LogP contribution in [0.4, 0.5) is 8.78 Å². The number of nitrogens with one attached hydrogen (secondary N) is 1. The molecule has 7 heteroatoms. The Kier molecular flexibility index (Phi) is 4.95. The predicted octanol–water partition coefficient (Wildman–Crippen LogP) is 2.10. The molecule has 1 atom stereocenters. The molecule has 1 aliphatic rings. The molecule has 0 aromatic heterocycles. The lowest BCUT2D eigenvalue weighted by Crippen LogP contribution is -2.30. The van der Waals surface area contributed by atoms with Crippen molar-refractivity contribution in [2.24, 2.45) is 5.92 Å². The monoisotopic (exact) mass is 318 g/mol. The molecule has 1 aromatic carbocycles. The molecule has 4 nitrogen and oxygen atoms in total. The predicted molar refractivity (Wildman–Crippen MR) is 76.3 cm³/mol. The summed E-state index contributed by atoms with van der Waals surface area (Å²) in [6.45, 7) is 2.74. The van der Waals surface area contributed by atoms with Crippen LogP contribution in [0.1, 0.15) is 25.3 Å². The Bertz CT molecular complexity index is 620. The SMILES string of the molecule is CCC1CCN(S(=O)(=O)c2ccc(F)c(CNC)c2F)C1. The number of benzene rings is 1. The standard InChI is InChI=1S/C14H20F2N2O2S/c1-3-10-6-7-18(9-10)21(19,20)13-5-4-12(15)11(8-17-2)14(13)16/h4-5,10,17H,3,6-9H2,1-2H3. The van der Waals surface area contributed by atoms with Gasteiger partial charge >= 0.3 is 0 Å². The van der Waals surface area contributed by atoms with Gasteiger partial charge in [0.25, 0.3) is 0 Å². The highest BCUT2D eigenvalue weighted by molar-refractivity contribution is 7.89. The van der Waals surface area contributed by atoms with E-state index in [0.29, 0.717) is 19.0 Å². The van der Waals surface area contributed by atoms with Crippen molar-refractivity contribution in [3.63, 3.8) is 0 Å². The van der Waals surface area contributed by atoms with Crippen molar-refractivity contribution >= 4 is 10.0 Å². The first-order valence-electron chi connectivity index (χ1n) is 7.03. The van der Waals surface area contributed by atoms with E-state index < -0.39 is 26.6 Å². The van der Waals surface area contributed by atoms with Crippen LogP contribution < -0.4 is 5.32 Å². The molecule has 0 amide bonds. The summed E-state index contributed by atoms with van der Waals surface area (Å²) < 4.78 is 54.3. The first-order chi connectivity index (χ1) is 9.91. The van der Waals surface area contributed by atoms with Crippen LogP contribution >= 0.6 is 0 Å². The van der Waals surface area contributed by atoms with Gasteiger partial charge in [0.2, 0.25) is 10.0 Å². The Morgan fingerprint density at radius 3 is 2.67 bits per heavy atom. The summed E-state index contributed by atoms with van der Waals surface area (Å²) in [6.07, 6.45) is 1.67. The Hall–Kier alpha value is -1.05. The lowest BCUT2D eigenvalue weighted by atomic mass is 10.1. The number of halogens is 2. The normalized spacial score (nSPS) is 20.1. The molecule has 0 aliphatic carbocycles. The van der Waals surface area contributed by atoms with E-state index in [2.05, 4.69) is 5.32 Å². The first kappa shape index (κ1) is 16.3. The fraction of sp³-hybridized carbons (Fsp3) is 0.571. The van der Waals surface area contributed by atoms with Crippen LogP contribution in [0.5, 0.6) is 0 Å². The van der Waals surface area contributed by atoms with Crippen molar-refractivity contribution in [1.29, 1.82) is 0 Å². The quantitative estimate of drug-likeness (QED) is 0.904. The summed E-state index contributed by atoms with van der Waals surface area (Å²) in [4.78, 5) is -0.439. The van der Waals surface area contributed by atoms with Gasteiger partial charge in [0.15, 0.2) is 5.82 Å². The molecule has 0 radical (unpaired) electrons. The summed E-state index contributed by atoms with van der Waals surface area (Å²) >= 11 is 0. The van der Waals surface area contributed by atoms with E-state index in [4.69, 9.17) is 0 Å². The topological polar surface area (TPSA) is 49.4 Å². The van der Waals surface area contributed by atoms with E-state index in [0.717, 1.165) is 25.0 Å². The third-order valence-electron chi connectivity index (χ3n) is 3.95. The molecule has 21 heavy (non-hydrogen) atoms. The maximum Gasteiger partial charge on any atom is 0.246 e. The summed E-state index contributed by atoms with van der Waals surface area (Å²) in [5.41, 5.74) is -0.246. The van der Waals surface area contributed by atoms with E-state index >= 15 is 0 Å². The van der Waals surface area contributed by atoms with Crippen molar-refractivity contribution < 1.29 is 17.2 Å². The second kappa shape index (κ2) is 6.37. The number of nitrogens with zero attached hydrogens (tertiary/aromatic N) is 1. The lowest BCUT2D eigenvalue weighted by molar-refractivity contribution is 0.445. The van der Waals surface area contributed by atoms with Gasteiger partial charge in [-0.2, -0.15) is 4.31 Å². The van der Waals surface area contributed by atoms with Gasteiger partial charge in [-0.15, -0.1) is 0 Å². The third kappa shape index (κ3) is 3.09. The first-order valence-corrected chi connectivity index (χ1v) is 8.47. The van der Waals surface area contributed by atoms with Gasteiger partial charge in [-0.25, -0.2) is 17.2 Å². The minimum Gasteiger partial charge on any atom is -0.315 e. The number of hydrogen-bond acceptors (Lipinski definition) is 3. The number of rotatable bonds is 5. The summed E-state index contributed by atoms with van der Waals surface area (Å²) in [5, 5.41) is 2.64. The largest absolute Gasteiger partial charge is 0.315 e. The van der Waals surface area contributed by atoms with Crippen molar-refractivity contribution in [2.75, 3.05) is 20.1 Å². The highest BCUT2D eigenvalue weighted by atomic mass is 32.2. The molecule has 1 unspecified atom stereocenters. The average molecular weight is 318 g/mol. The Labute approximate surface area is 124 Å². The van der Waals surface area contributed by atoms with Crippen LogP contribution in [0.15, 0.2) is 17.0 Å². The minimum absolute atomic E-state index is 0.0569. The smallest absolute Gasteiger partial charge is 0.246 e. The fourth-order valence-electron chi connectivity index (χ4n) is 2.60. The van der Waals surface area contributed by atoms with Crippen LogP contribution in [-0.2, 0) is 16.6 Å². The maximum absolute atomic E-state index is 14.4. The van der Waals surface area contributed by atoms with Gasteiger partial charge in [-0.05, 0) is 31.5 Å². The van der Waals surface area contributed by atoms with E-state index in [-0.39, 0.29) is 12.1 Å². The minimum atomic E-state index is -3.91. The van der Waals surface area contributed by atoms with E-state index in [1.54, 1.807) is 7.05 Å². The van der Waals surface area contributed by atoms with E-state index in [9.17, 15) is 17.2 Å². The van der Waals surface area contributed by atoms with Crippen LogP contribution in [0, 0.1) is 17.6 Å². The highest BCUT2D eigenvalue weighted by Gasteiger charge is 2.34. The molecular formula is C14H20F2N2O2S. The molecule has 1 N–H and O–H groups in total. The van der Waals surface area contributed by atoms with Gasteiger partial charge in [0.1, 0.15) is 10.7 Å². The second-order valence-electron chi connectivity index (χ2n) is 5.29. The molecule has 1 fully saturated rings. The second-order valence-corrected chi connectivity index (χ2v) is 7.20. The zero-order valence-corrected chi connectivity index (χ0v) is 13.0. The highest BCUT2D eigenvalue weighted by Crippen LogP contribution is 2.29. The molecule has 1 aliphatic heterocycles. The van der Waals surface area contributed by atoms with Crippen LogP contribution in [0.3, 0.4) is 0 Å². The van der Waals surface area contributed by atoms with E-state index in [1.807, 2.05) is 6.92 Å². The van der Waals surface area contributed by atoms with Gasteiger partial charge in [0, 0.05) is 25.2 Å². The molecule has 2 rings (SSSR count). The van der Waals surface area contributed by atoms with Crippen molar-refractivity contribution in [2.45, 2.75) is 31.2 Å². The molecule has 118 valence electrons. The molecule has 0 bridgehead atoms. The molecular weight excluding hydrogens is 298 g/mol. The lowest BCUT2D eigenvalue weighted by Gasteiger charge is -2.18. The number of hydrogen-bond donors (Lipinski definition) is 1. The van der Waals surface area contributed by atoms with Crippen LogP contribution in [0.25, 0.3) is 0 Å². The molecule has 1 saturated heterocycles. The maximum atomic E-state index is 14.4. The van der Waals surface area contributed by atoms with Crippen LogP contribution in [0.2, 0.25) is 0 Å². The summed E-state index contributed by atoms with van der Waals surface area (Å²) in [5.74, 6) is -1.43. The Balaban J connectivity index is 2.39. The van der Waals surface area contributed by atoms with Crippen molar-refractivity contribution in [3.05, 3.63) is 29.3 Å². The number of sulfonamides is 1. The molecule has 0 spiro atoms. The van der Waals surface area contributed by atoms with Gasteiger partial charge in [0.05, 0.1) is 0 Å². The van der Waals surface area contributed by atoms with Crippen molar-refractivity contribution in [1.82, 2.24) is 9.62 Å². The summed E-state index contributed by atoms with van der Waals surface area (Å²) in [6, 6.07) is 2.02. The average Bonchev–Trinajstić information content (AvgIpc) is 2.92. The zero-order valence-electron chi connectivity index (χ0n) is 12.2. The van der Waals surface area contributed by atoms with Gasteiger partial charge in [-0.3, -0.25) is 0 Å². The van der Waals surface area contributed by atoms with Gasteiger partial charge < -0.3 is 5.32 Å². The molecule has 1 heterocycles. The zero-order chi connectivity index (χ0) is 15.6. The Morgan fingerprint density at radius 1 is 1.38 bits per heavy atom. The third-order valence-corrected chi connectivity index (χ3v) is 5.83. The summed E-state index contributed by atoms with van der Waals surface area (Å²) in [7, 11) is -2.36. The fourth-order valence-corrected chi connectivity index (χ4v) is 4.22. The van der Waals surface area contributed by atoms with Crippen LogP contribution in [-0.4, -0.2) is 32.9 Å². The molecule has 0 saturated carbocycles.